The highest BCUT2D eigenvalue weighted by Gasteiger charge is 2.36. The van der Waals surface area contributed by atoms with E-state index in [-0.39, 0.29) is 36.8 Å². The van der Waals surface area contributed by atoms with Crippen molar-refractivity contribution < 1.29 is 23.5 Å². The number of benzene rings is 2. The van der Waals surface area contributed by atoms with Crippen molar-refractivity contribution in [3.05, 3.63) is 59.4 Å². The fraction of sp³-hybridized carbons (Fsp3) is 0.440. The van der Waals surface area contributed by atoms with E-state index in [0.717, 1.165) is 18.4 Å². The SMILES string of the molecule is CC[C@@H]1Oc2ccc(C)cc2N(CC(=O)N(Cc2ccccc2F)C[C@H]2CCCO2)C1=O. The van der Waals surface area contributed by atoms with Crippen LogP contribution in [-0.2, 0) is 20.9 Å². The normalized spacial score (nSPS) is 20.1. The number of fused-ring (bicyclic) bond motifs is 1. The maximum atomic E-state index is 14.3. The Labute approximate surface area is 187 Å². The van der Waals surface area contributed by atoms with Crippen LogP contribution in [0.1, 0.15) is 37.3 Å². The Morgan fingerprint density at radius 1 is 1.25 bits per heavy atom. The maximum absolute atomic E-state index is 14.3. The molecule has 0 N–H and O–H groups in total. The molecule has 2 amide bonds. The smallest absolute Gasteiger partial charge is 0.268 e. The number of carbonyl (C=O) groups excluding carboxylic acids is 2. The lowest BCUT2D eigenvalue weighted by Crippen LogP contribution is -2.51. The summed E-state index contributed by atoms with van der Waals surface area (Å²) in [6.07, 6.45) is 1.60. The Kier molecular flexibility index (Phi) is 6.74. The molecule has 7 heteroatoms. The van der Waals surface area contributed by atoms with E-state index in [4.69, 9.17) is 9.47 Å². The van der Waals surface area contributed by atoms with Crippen molar-refractivity contribution in [2.45, 2.75) is 51.9 Å². The summed E-state index contributed by atoms with van der Waals surface area (Å²) in [5, 5.41) is 0. The van der Waals surface area contributed by atoms with Crippen molar-refractivity contribution >= 4 is 17.5 Å². The lowest BCUT2D eigenvalue weighted by molar-refractivity contribution is -0.135. The number of rotatable bonds is 7. The van der Waals surface area contributed by atoms with Crippen molar-refractivity contribution in [2.75, 3.05) is 24.6 Å². The summed E-state index contributed by atoms with van der Waals surface area (Å²) in [4.78, 5) is 29.7. The van der Waals surface area contributed by atoms with Crippen LogP contribution >= 0.6 is 0 Å². The van der Waals surface area contributed by atoms with Crippen LogP contribution in [0.3, 0.4) is 0 Å². The van der Waals surface area contributed by atoms with E-state index in [1.54, 1.807) is 23.1 Å². The van der Waals surface area contributed by atoms with Crippen molar-refractivity contribution in [1.29, 1.82) is 0 Å². The van der Waals surface area contributed by atoms with Crippen molar-refractivity contribution in [2.24, 2.45) is 0 Å². The number of hydrogen-bond donors (Lipinski definition) is 0. The van der Waals surface area contributed by atoms with E-state index in [1.807, 2.05) is 32.0 Å². The number of amides is 2. The summed E-state index contributed by atoms with van der Waals surface area (Å²) in [6.45, 7) is 4.84. The molecule has 32 heavy (non-hydrogen) atoms. The molecule has 0 spiro atoms. The summed E-state index contributed by atoms with van der Waals surface area (Å²) in [5.74, 6) is -0.245. The van der Waals surface area contributed by atoms with Crippen LogP contribution in [0.25, 0.3) is 0 Å². The zero-order chi connectivity index (χ0) is 22.7. The van der Waals surface area contributed by atoms with Crippen LogP contribution in [0.15, 0.2) is 42.5 Å². The number of anilines is 1. The van der Waals surface area contributed by atoms with Crippen LogP contribution in [0.4, 0.5) is 10.1 Å². The second kappa shape index (κ2) is 9.69. The molecule has 0 bridgehead atoms. The van der Waals surface area contributed by atoms with Crippen LogP contribution in [-0.4, -0.2) is 48.6 Å². The molecule has 1 saturated heterocycles. The van der Waals surface area contributed by atoms with Gasteiger partial charge >= 0.3 is 0 Å². The molecule has 2 atom stereocenters. The van der Waals surface area contributed by atoms with Gasteiger partial charge in [-0.15, -0.1) is 0 Å². The molecule has 2 aromatic carbocycles. The van der Waals surface area contributed by atoms with E-state index in [0.29, 0.717) is 36.6 Å². The second-order valence-corrected chi connectivity index (χ2v) is 8.41. The van der Waals surface area contributed by atoms with Crippen molar-refractivity contribution in [3.8, 4) is 5.75 Å². The quantitative estimate of drug-likeness (QED) is 0.656. The highest BCUT2D eigenvalue weighted by molar-refractivity contribution is 6.03. The van der Waals surface area contributed by atoms with Gasteiger partial charge in [-0.2, -0.15) is 0 Å². The standard InChI is InChI=1S/C25H29FN2O4/c1-3-22-25(30)28(21-13-17(2)10-11-23(21)32-22)16-24(29)27(15-19-8-6-12-31-19)14-18-7-4-5-9-20(18)26/h4-5,7,9-11,13,19,22H,3,6,8,12,14-16H2,1-2H3/t19-,22+/m1/s1. The first-order chi connectivity index (χ1) is 15.5. The zero-order valence-corrected chi connectivity index (χ0v) is 18.6. The largest absolute Gasteiger partial charge is 0.478 e. The van der Waals surface area contributed by atoms with E-state index in [1.165, 1.54) is 11.0 Å². The highest BCUT2D eigenvalue weighted by Crippen LogP contribution is 2.35. The molecular formula is C25H29FN2O4. The molecule has 2 aliphatic rings. The van der Waals surface area contributed by atoms with Gasteiger partial charge in [-0.3, -0.25) is 14.5 Å². The van der Waals surface area contributed by atoms with Gasteiger partial charge in [-0.25, -0.2) is 4.39 Å². The van der Waals surface area contributed by atoms with Crippen LogP contribution < -0.4 is 9.64 Å². The van der Waals surface area contributed by atoms with Crippen LogP contribution in [0.2, 0.25) is 0 Å². The van der Waals surface area contributed by atoms with Crippen LogP contribution in [0, 0.1) is 12.7 Å². The van der Waals surface area contributed by atoms with Crippen molar-refractivity contribution in [3.63, 3.8) is 0 Å². The topological polar surface area (TPSA) is 59.1 Å². The minimum atomic E-state index is -0.629. The second-order valence-electron chi connectivity index (χ2n) is 8.41. The minimum Gasteiger partial charge on any atom is -0.478 e. The zero-order valence-electron chi connectivity index (χ0n) is 18.6. The summed E-state index contributed by atoms with van der Waals surface area (Å²) < 4.78 is 25.9. The molecule has 4 rings (SSSR count). The summed E-state index contributed by atoms with van der Waals surface area (Å²) >= 11 is 0. The number of hydrogen-bond acceptors (Lipinski definition) is 4. The molecular weight excluding hydrogens is 411 g/mol. The Morgan fingerprint density at radius 3 is 2.78 bits per heavy atom. The third-order valence-electron chi connectivity index (χ3n) is 6.00. The predicted octanol–water partition coefficient (Wildman–Crippen LogP) is 3.85. The Bertz CT molecular complexity index is 990. The molecule has 2 aromatic rings. The molecule has 0 unspecified atom stereocenters. The fourth-order valence-electron chi connectivity index (χ4n) is 4.21. The van der Waals surface area contributed by atoms with E-state index in [2.05, 4.69) is 0 Å². The third kappa shape index (κ3) is 4.78. The van der Waals surface area contributed by atoms with Gasteiger partial charge < -0.3 is 14.4 Å². The molecule has 170 valence electrons. The number of ether oxygens (including phenoxy) is 2. The number of carbonyl (C=O) groups is 2. The van der Waals surface area contributed by atoms with Gasteiger partial charge in [0.2, 0.25) is 5.91 Å². The average Bonchev–Trinajstić information content (AvgIpc) is 3.30. The molecule has 1 fully saturated rings. The van der Waals surface area contributed by atoms with E-state index in [9.17, 15) is 14.0 Å². The Hall–Kier alpha value is -2.93. The van der Waals surface area contributed by atoms with Gasteiger partial charge in [0.05, 0.1) is 11.8 Å². The maximum Gasteiger partial charge on any atom is 0.268 e. The summed E-state index contributed by atoms with van der Waals surface area (Å²) in [7, 11) is 0. The molecule has 0 aliphatic carbocycles. The average molecular weight is 441 g/mol. The van der Waals surface area contributed by atoms with E-state index < -0.39 is 6.10 Å². The number of aryl methyl sites for hydroxylation is 1. The highest BCUT2D eigenvalue weighted by atomic mass is 19.1. The molecule has 2 heterocycles. The Balaban J connectivity index is 1.59. The predicted molar refractivity (Wildman–Crippen MR) is 119 cm³/mol. The first kappa shape index (κ1) is 22.3. The van der Waals surface area contributed by atoms with Crippen LogP contribution in [0.5, 0.6) is 5.75 Å². The van der Waals surface area contributed by atoms with Gasteiger partial charge in [0, 0.05) is 25.3 Å². The van der Waals surface area contributed by atoms with Gasteiger partial charge in [-0.1, -0.05) is 31.2 Å². The molecule has 0 saturated carbocycles. The monoisotopic (exact) mass is 440 g/mol. The first-order valence-electron chi connectivity index (χ1n) is 11.2. The Morgan fingerprint density at radius 2 is 2.06 bits per heavy atom. The van der Waals surface area contributed by atoms with Crippen molar-refractivity contribution in [1.82, 2.24) is 4.90 Å². The summed E-state index contributed by atoms with van der Waals surface area (Å²) in [6, 6.07) is 12.1. The van der Waals surface area contributed by atoms with Gasteiger partial charge in [0.25, 0.3) is 5.91 Å². The lowest BCUT2D eigenvalue weighted by atomic mass is 10.1. The van der Waals surface area contributed by atoms with Gasteiger partial charge in [0.15, 0.2) is 6.10 Å². The minimum absolute atomic E-state index is 0.0796. The van der Waals surface area contributed by atoms with Gasteiger partial charge in [0.1, 0.15) is 18.1 Å². The lowest BCUT2D eigenvalue weighted by Gasteiger charge is -2.35. The van der Waals surface area contributed by atoms with E-state index >= 15 is 0 Å². The molecule has 2 aliphatic heterocycles. The number of nitrogens with zero attached hydrogens (tertiary/aromatic N) is 2. The summed E-state index contributed by atoms with van der Waals surface area (Å²) in [5.41, 5.74) is 2.00. The molecule has 0 radical (unpaired) electrons. The van der Waals surface area contributed by atoms with Gasteiger partial charge in [-0.05, 0) is 49.9 Å². The third-order valence-corrected chi connectivity index (χ3v) is 6.00. The fourth-order valence-corrected chi connectivity index (χ4v) is 4.21. The molecule has 0 aromatic heterocycles. The number of halogens is 1. The molecule has 6 nitrogen and oxygen atoms in total. The first-order valence-corrected chi connectivity index (χ1v) is 11.2.